The maximum absolute atomic E-state index is 11.9. The highest BCUT2D eigenvalue weighted by Crippen LogP contribution is 2.20. The van der Waals surface area contributed by atoms with Crippen LogP contribution in [0.1, 0.15) is 24.0 Å². The van der Waals surface area contributed by atoms with Gasteiger partial charge in [0.25, 0.3) is 5.69 Å². The van der Waals surface area contributed by atoms with Gasteiger partial charge in [-0.1, -0.05) is 12.1 Å². The Kier molecular flexibility index (Phi) is 5.63. The zero-order valence-electron chi connectivity index (χ0n) is 14.4. The predicted octanol–water partition coefficient (Wildman–Crippen LogP) is 3.52. The summed E-state index contributed by atoms with van der Waals surface area (Å²) in [6.07, 6.45) is 5.56. The van der Waals surface area contributed by atoms with Crippen LogP contribution in [0.15, 0.2) is 54.6 Å². The van der Waals surface area contributed by atoms with Crippen LogP contribution in [0.2, 0.25) is 0 Å². The SMILES string of the molecule is O=C(/C=C/c1ccc([N+](=O)[O-])cc1)NCc1ccc(N2CCCC2)cc1. The minimum Gasteiger partial charge on any atom is -0.372 e. The van der Waals surface area contributed by atoms with Crippen molar-refractivity contribution in [2.45, 2.75) is 19.4 Å². The number of non-ortho nitro benzene ring substituents is 1. The van der Waals surface area contributed by atoms with Crippen molar-refractivity contribution in [3.63, 3.8) is 0 Å². The maximum atomic E-state index is 11.9. The first-order chi connectivity index (χ1) is 12.6. The molecular formula is C20H21N3O3. The number of amides is 1. The average Bonchev–Trinajstić information content (AvgIpc) is 3.20. The van der Waals surface area contributed by atoms with Gasteiger partial charge in [0.05, 0.1) is 4.92 Å². The second-order valence-corrected chi connectivity index (χ2v) is 6.26. The van der Waals surface area contributed by atoms with Crippen molar-refractivity contribution >= 4 is 23.4 Å². The first kappa shape index (κ1) is 17.7. The van der Waals surface area contributed by atoms with E-state index in [1.54, 1.807) is 18.2 Å². The fourth-order valence-electron chi connectivity index (χ4n) is 2.93. The lowest BCUT2D eigenvalue weighted by Gasteiger charge is -2.17. The summed E-state index contributed by atoms with van der Waals surface area (Å²) in [6.45, 7) is 2.69. The molecule has 134 valence electrons. The molecule has 0 aromatic heterocycles. The Morgan fingerprint density at radius 2 is 1.73 bits per heavy atom. The largest absolute Gasteiger partial charge is 0.372 e. The molecule has 1 aliphatic rings. The number of nitro benzene ring substituents is 1. The Labute approximate surface area is 152 Å². The molecule has 1 aliphatic heterocycles. The van der Waals surface area contributed by atoms with E-state index in [-0.39, 0.29) is 11.6 Å². The van der Waals surface area contributed by atoms with E-state index in [1.807, 2.05) is 12.1 Å². The molecule has 1 N–H and O–H groups in total. The molecule has 2 aromatic rings. The van der Waals surface area contributed by atoms with Gasteiger partial charge in [0.2, 0.25) is 5.91 Å². The van der Waals surface area contributed by atoms with Crippen LogP contribution in [0.25, 0.3) is 6.08 Å². The fourth-order valence-corrected chi connectivity index (χ4v) is 2.93. The zero-order valence-corrected chi connectivity index (χ0v) is 14.4. The van der Waals surface area contributed by atoms with Gasteiger partial charge < -0.3 is 10.2 Å². The predicted molar refractivity (Wildman–Crippen MR) is 102 cm³/mol. The number of rotatable bonds is 6. The third kappa shape index (κ3) is 4.69. The molecule has 6 heteroatoms. The molecule has 0 atom stereocenters. The van der Waals surface area contributed by atoms with Gasteiger partial charge in [-0.05, 0) is 54.3 Å². The first-order valence-electron chi connectivity index (χ1n) is 8.66. The number of benzene rings is 2. The molecule has 3 rings (SSSR count). The molecule has 1 heterocycles. The molecule has 0 bridgehead atoms. The highest BCUT2D eigenvalue weighted by Gasteiger charge is 2.11. The van der Waals surface area contributed by atoms with E-state index in [2.05, 4.69) is 22.3 Å². The van der Waals surface area contributed by atoms with Gasteiger partial charge >= 0.3 is 0 Å². The van der Waals surface area contributed by atoms with Crippen LogP contribution >= 0.6 is 0 Å². The minimum atomic E-state index is -0.449. The average molecular weight is 351 g/mol. The van der Waals surface area contributed by atoms with Crippen LogP contribution in [-0.4, -0.2) is 23.9 Å². The Bertz CT molecular complexity index is 792. The molecule has 0 unspecified atom stereocenters. The first-order valence-corrected chi connectivity index (χ1v) is 8.66. The Morgan fingerprint density at radius 3 is 2.35 bits per heavy atom. The highest BCUT2D eigenvalue weighted by atomic mass is 16.6. The van der Waals surface area contributed by atoms with E-state index in [9.17, 15) is 14.9 Å². The van der Waals surface area contributed by atoms with Crippen molar-refractivity contribution in [3.8, 4) is 0 Å². The van der Waals surface area contributed by atoms with E-state index in [0.29, 0.717) is 6.54 Å². The normalized spacial score (nSPS) is 13.9. The molecule has 0 aliphatic carbocycles. The van der Waals surface area contributed by atoms with Crippen LogP contribution < -0.4 is 10.2 Å². The summed E-state index contributed by atoms with van der Waals surface area (Å²) in [5.41, 5.74) is 3.05. The molecule has 0 radical (unpaired) electrons. The number of hydrogen-bond donors (Lipinski definition) is 1. The Balaban J connectivity index is 1.49. The van der Waals surface area contributed by atoms with Gasteiger partial charge in [-0.25, -0.2) is 0 Å². The summed E-state index contributed by atoms with van der Waals surface area (Å²) in [7, 11) is 0. The quantitative estimate of drug-likeness (QED) is 0.491. The molecule has 2 aromatic carbocycles. The molecule has 6 nitrogen and oxygen atoms in total. The van der Waals surface area contributed by atoms with Crippen molar-refractivity contribution in [1.29, 1.82) is 0 Å². The van der Waals surface area contributed by atoms with Crippen molar-refractivity contribution < 1.29 is 9.72 Å². The number of nitrogens with zero attached hydrogens (tertiary/aromatic N) is 2. The van der Waals surface area contributed by atoms with Crippen LogP contribution in [0, 0.1) is 10.1 Å². The molecule has 0 spiro atoms. The van der Waals surface area contributed by atoms with Crippen LogP contribution in [-0.2, 0) is 11.3 Å². The van der Waals surface area contributed by atoms with Crippen molar-refractivity contribution in [2.24, 2.45) is 0 Å². The Morgan fingerprint density at radius 1 is 1.08 bits per heavy atom. The summed E-state index contributed by atoms with van der Waals surface area (Å²) in [6, 6.07) is 14.3. The van der Waals surface area contributed by atoms with E-state index in [1.165, 1.54) is 36.7 Å². The number of carbonyl (C=O) groups excluding carboxylic acids is 1. The summed E-state index contributed by atoms with van der Waals surface area (Å²) in [5, 5.41) is 13.5. The topological polar surface area (TPSA) is 75.5 Å². The fraction of sp³-hybridized carbons (Fsp3) is 0.250. The van der Waals surface area contributed by atoms with E-state index in [4.69, 9.17) is 0 Å². The maximum Gasteiger partial charge on any atom is 0.269 e. The molecule has 1 fully saturated rings. The van der Waals surface area contributed by atoms with Gasteiger partial charge in [0, 0.05) is 43.5 Å². The summed E-state index contributed by atoms with van der Waals surface area (Å²) in [5.74, 6) is -0.202. The lowest BCUT2D eigenvalue weighted by molar-refractivity contribution is -0.384. The minimum absolute atomic E-state index is 0.0315. The van der Waals surface area contributed by atoms with E-state index >= 15 is 0 Å². The molecule has 0 saturated carbocycles. The lowest BCUT2D eigenvalue weighted by atomic mass is 10.2. The monoisotopic (exact) mass is 351 g/mol. The number of nitrogens with one attached hydrogen (secondary N) is 1. The molecule has 1 amide bonds. The van der Waals surface area contributed by atoms with Crippen molar-refractivity contribution in [3.05, 3.63) is 75.8 Å². The summed E-state index contributed by atoms with van der Waals surface area (Å²) in [4.78, 5) is 24.5. The van der Waals surface area contributed by atoms with E-state index in [0.717, 1.165) is 24.2 Å². The third-order valence-electron chi connectivity index (χ3n) is 4.41. The van der Waals surface area contributed by atoms with Gasteiger partial charge in [-0.2, -0.15) is 0 Å². The lowest BCUT2D eigenvalue weighted by Crippen LogP contribution is -2.20. The van der Waals surface area contributed by atoms with Crippen LogP contribution in [0.3, 0.4) is 0 Å². The van der Waals surface area contributed by atoms with Crippen LogP contribution in [0.5, 0.6) is 0 Å². The molecular weight excluding hydrogens is 330 g/mol. The van der Waals surface area contributed by atoms with Gasteiger partial charge in [-0.15, -0.1) is 0 Å². The standard InChI is InChI=1S/C20H21N3O3/c24-20(12-7-16-3-10-19(11-4-16)23(25)26)21-15-17-5-8-18(9-6-17)22-13-1-2-14-22/h3-12H,1-2,13-15H2,(H,21,24)/b12-7+. The number of hydrogen-bond acceptors (Lipinski definition) is 4. The zero-order chi connectivity index (χ0) is 18.4. The van der Waals surface area contributed by atoms with Crippen molar-refractivity contribution in [2.75, 3.05) is 18.0 Å². The third-order valence-corrected chi connectivity index (χ3v) is 4.41. The summed E-state index contributed by atoms with van der Waals surface area (Å²) >= 11 is 0. The van der Waals surface area contributed by atoms with Crippen LogP contribution in [0.4, 0.5) is 11.4 Å². The van der Waals surface area contributed by atoms with E-state index < -0.39 is 4.92 Å². The smallest absolute Gasteiger partial charge is 0.269 e. The number of anilines is 1. The van der Waals surface area contributed by atoms with Gasteiger partial charge in [0.1, 0.15) is 0 Å². The molecule has 26 heavy (non-hydrogen) atoms. The number of carbonyl (C=O) groups is 1. The second kappa shape index (κ2) is 8.29. The second-order valence-electron chi connectivity index (χ2n) is 6.26. The summed E-state index contributed by atoms with van der Waals surface area (Å²) < 4.78 is 0. The Hall–Kier alpha value is -3.15. The van der Waals surface area contributed by atoms with Gasteiger partial charge in [0.15, 0.2) is 0 Å². The highest BCUT2D eigenvalue weighted by molar-refractivity contribution is 5.91. The van der Waals surface area contributed by atoms with Crippen molar-refractivity contribution in [1.82, 2.24) is 5.32 Å². The molecule has 1 saturated heterocycles. The van der Waals surface area contributed by atoms with Gasteiger partial charge in [-0.3, -0.25) is 14.9 Å². The number of nitro groups is 1.